The Morgan fingerprint density at radius 1 is 0.875 bits per heavy atom. The van der Waals surface area contributed by atoms with Crippen LogP contribution in [0.25, 0.3) is 5.69 Å². The summed E-state index contributed by atoms with van der Waals surface area (Å²) in [6, 6.07) is 21.1. The summed E-state index contributed by atoms with van der Waals surface area (Å²) in [6.07, 6.45) is 7.45. The summed E-state index contributed by atoms with van der Waals surface area (Å²) in [5.41, 5.74) is 5.74. The van der Waals surface area contributed by atoms with Crippen molar-refractivity contribution < 1.29 is 4.74 Å². The summed E-state index contributed by atoms with van der Waals surface area (Å²) in [7, 11) is 5.82. The molecule has 2 aromatic heterocycles. The standard InChI is InChI=1S/C26H29N5O/c1-29(2)19-23-16-25(11-12-28-23)31(18-22-5-4-6-26(15-22)32-3)17-21-7-9-24(10-8-21)30-14-13-27-20-30/h4-16,20H,17-19H2,1-3H3. The number of methoxy groups -OCH3 is 1. The minimum absolute atomic E-state index is 0.770. The largest absolute Gasteiger partial charge is 0.497 e. The summed E-state index contributed by atoms with van der Waals surface area (Å²) in [6.45, 7) is 2.36. The van der Waals surface area contributed by atoms with E-state index in [2.05, 4.69) is 82.4 Å². The van der Waals surface area contributed by atoms with Crippen LogP contribution in [0, 0.1) is 0 Å². The maximum absolute atomic E-state index is 5.43. The van der Waals surface area contributed by atoms with Gasteiger partial charge >= 0.3 is 0 Å². The predicted molar refractivity (Wildman–Crippen MR) is 128 cm³/mol. The van der Waals surface area contributed by atoms with E-state index in [-0.39, 0.29) is 0 Å². The molecule has 6 nitrogen and oxygen atoms in total. The van der Waals surface area contributed by atoms with Gasteiger partial charge in [0.25, 0.3) is 0 Å². The number of hydrogen-bond acceptors (Lipinski definition) is 5. The molecule has 0 radical (unpaired) electrons. The summed E-state index contributed by atoms with van der Waals surface area (Å²) in [5, 5.41) is 0. The topological polar surface area (TPSA) is 46.4 Å². The van der Waals surface area contributed by atoms with Gasteiger partial charge in [0.15, 0.2) is 0 Å². The van der Waals surface area contributed by atoms with Crippen LogP contribution < -0.4 is 9.64 Å². The summed E-state index contributed by atoms with van der Waals surface area (Å²) in [4.78, 5) is 13.2. The Balaban J connectivity index is 1.61. The lowest BCUT2D eigenvalue weighted by atomic mass is 10.1. The van der Waals surface area contributed by atoms with Crippen molar-refractivity contribution in [2.45, 2.75) is 19.6 Å². The lowest BCUT2D eigenvalue weighted by Crippen LogP contribution is -2.23. The second-order valence-corrected chi connectivity index (χ2v) is 8.09. The number of rotatable bonds is 9. The van der Waals surface area contributed by atoms with Crippen molar-refractivity contribution in [1.82, 2.24) is 19.4 Å². The fraction of sp³-hybridized carbons (Fsp3) is 0.231. The number of imidazole rings is 1. The van der Waals surface area contributed by atoms with E-state index in [9.17, 15) is 0 Å². The molecule has 0 amide bonds. The molecule has 4 rings (SSSR count). The fourth-order valence-corrected chi connectivity index (χ4v) is 3.71. The molecule has 0 fully saturated rings. The number of aromatic nitrogens is 3. The third kappa shape index (κ3) is 5.53. The van der Waals surface area contributed by atoms with E-state index >= 15 is 0 Å². The Hall–Kier alpha value is -3.64. The second-order valence-electron chi connectivity index (χ2n) is 8.09. The van der Waals surface area contributed by atoms with E-state index in [4.69, 9.17) is 4.74 Å². The zero-order valence-electron chi connectivity index (χ0n) is 18.8. The highest BCUT2D eigenvalue weighted by Gasteiger charge is 2.11. The molecule has 2 heterocycles. The van der Waals surface area contributed by atoms with Gasteiger partial charge in [-0.15, -0.1) is 0 Å². The molecule has 0 unspecified atom stereocenters. The van der Waals surface area contributed by atoms with E-state index in [0.717, 1.165) is 42.5 Å². The van der Waals surface area contributed by atoms with Gasteiger partial charge in [-0.05, 0) is 61.6 Å². The Morgan fingerprint density at radius 2 is 1.69 bits per heavy atom. The lowest BCUT2D eigenvalue weighted by Gasteiger charge is -2.26. The number of benzene rings is 2. The molecule has 0 saturated carbocycles. The maximum atomic E-state index is 5.43. The van der Waals surface area contributed by atoms with Gasteiger partial charge < -0.3 is 19.1 Å². The van der Waals surface area contributed by atoms with E-state index in [0.29, 0.717) is 0 Å². The number of hydrogen-bond donors (Lipinski definition) is 0. The van der Waals surface area contributed by atoms with Crippen LogP contribution in [0.1, 0.15) is 16.8 Å². The lowest BCUT2D eigenvalue weighted by molar-refractivity contribution is 0.397. The first kappa shape index (κ1) is 21.6. The third-order valence-electron chi connectivity index (χ3n) is 5.26. The molecule has 0 aliphatic rings. The van der Waals surface area contributed by atoms with Gasteiger partial charge in [0.05, 0.1) is 19.1 Å². The molecule has 0 saturated heterocycles. The van der Waals surface area contributed by atoms with Crippen molar-refractivity contribution in [2.75, 3.05) is 26.1 Å². The molecule has 0 bridgehead atoms. The van der Waals surface area contributed by atoms with Gasteiger partial charge in [0.2, 0.25) is 0 Å². The maximum Gasteiger partial charge on any atom is 0.119 e. The molecule has 164 valence electrons. The number of nitrogens with zero attached hydrogens (tertiary/aromatic N) is 5. The Bertz CT molecular complexity index is 1120. The van der Waals surface area contributed by atoms with Gasteiger partial charge in [-0.25, -0.2) is 4.98 Å². The predicted octanol–water partition coefficient (Wildman–Crippen LogP) is 4.54. The zero-order valence-corrected chi connectivity index (χ0v) is 18.8. The van der Waals surface area contributed by atoms with Gasteiger partial charge in [-0.2, -0.15) is 0 Å². The normalized spacial score (nSPS) is 11.0. The molecule has 0 atom stereocenters. The van der Waals surface area contributed by atoms with Crippen molar-refractivity contribution in [3.63, 3.8) is 0 Å². The van der Waals surface area contributed by atoms with E-state index < -0.39 is 0 Å². The van der Waals surface area contributed by atoms with Crippen LogP contribution in [0.3, 0.4) is 0 Å². The Kier molecular flexibility index (Phi) is 6.82. The molecule has 0 spiro atoms. The molecule has 0 aliphatic carbocycles. The van der Waals surface area contributed by atoms with Gasteiger partial charge in [-0.1, -0.05) is 24.3 Å². The van der Waals surface area contributed by atoms with Crippen LogP contribution in [-0.2, 0) is 19.6 Å². The van der Waals surface area contributed by atoms with Crippen LogP contribution in [0.5, 0.6) is 5.75 Å². The molecule has 0 aliphatic heterocycles. The number of pyridine rings is 1. The SMILES string of the molecule is COc1cccc(CN(Cc2ccc(-n3ccnc3)cc2)c2ccnc(CN(C)C)c2)c1. The van der Waals surface area contributed by atoms with Crippen LogP contribution in [0.4, 0.5) is 5.69 Å². The minimum Gasteiger partial charge on any atom is -0.497 e. The Labute approximate surface area is 189 Å². The van der Waals surface area contributed by atoms with Crippen LogP contribution in [0.15, 0.2) is 85.6 Å². The fourth-order valence-electron chi connectivity index (χ4n) is 3.71. The quantitative estimate of drug-likeness (QED) is 0.392. The monoisotopic (exact) mass is 427 g/mol. The highest BCUT2D eigenvalue weighted by Crippen LogP contribution is 2.23. The van der Waals surface area contributed by atoms with Crippen LogP contribution in [0.2, 0.25) is 0 Å². The van der Waals surface area contributed by atoms with Crippen molar-refractivity contribution in [3.8, 4) is 11.4 Å². The number of anilines is 1. The minimum atomic E-state index is 0.770. The third-order valence-corrected chi connectivity index (χ3v) is 5.26. The molecular weight excluding hydrogens is 398 g/mol. The van der Waals surface area contributed by atoms with E-state index in [1.165, 1.54) is 11.1 Å². The zero-order chi connectivity index (χ0) is 22.3. The van der Waals surface area contributed by atoms with Gasteiger partial charge in [-0.3, -0.25) is 4.98 Å². The highest BCUT2D eigenvalue weighted by molar-refractivity contribution is 5.49. The van der Waals surface area contributed by atoms with Crippen molar-refractivity contribution in [3.05, 3.63) is 102 Å². The molecule has 2 aromatic carbocycles. The summed E-state index contributed by atoms with van der Waals surface area (Å²) >= 11 is 0. The first-order chi connectivity index (χ1) is 15.6. The first-order valence-electron chi connectivity index (χ1n) is 10.7. The summed E-state index contributed by atoms with van der Waals surface area (Å²) < 4.78 is 7.44. The smallest absolute Gasteiger partial charge is 0.119 e. The van der Waals surface area contributed by atoms with Crippen molar-refractivity contribution in [1.29, 1.82) is 0 Å². The molecule has 6 heteroatoms. The average molecular weight is 428 g/mol. The molecule has 4 aromatic rings. The van der Waals surface area contributed by atoms with E-state index in [1.54, 1.807) is 13.3 Å². The van der Waals surface area contributed by atoms with Crippen LogP contribution >= 0.6 is 0 Å². The Morgan fingerprint density at radius 3 is 2.41 bits per heavy atom. The summed E-state index contributed by atoms with van der Waals surface area (Å²) in [5.74, 6) is 0.871. The molecule has 32 heavy (non-hydrogen) atoms. The number of ether oxygens (including phenoxy) is 1. The van der Waals surface area contributed by atoms with Crippen molar-refractivity contribution in [2.24, 2.45) is 0 Å². The average Bonchev–Trinajstić information content (AvgIpc) is 3.34. The van der Waals surface area contributed by atoms with Crippen LogP contribution in [-0.4, -0.2) is 40.6 Å². The molecule has 0 N–H and O–H groups in total. The van der Waals surface area contributed by atoms with Gasteiger partial charge in [0.1, 0.15) is 5.75 Å². The van der Waals surface area contributed by atoms with E-state index in [1.807, 2.05) is 35.4 Å². The first-order valence-corrected chi connectivity index (χ1v) is 10.7. The van der Waals surface area contributed by atoms with Gasteiger partial charge in [0, 0.05) is 49.6 Å². The molecular formula is C26H29N5O. The highest BCUT2D eigenvalue weighted by atomic mass is 16.5. The second kappa shape index (κ2) is 10.1. The van der Waals surface area contributed by atoms with Crippen molar-refractivity contribution >= 4 is 5.69 Å².